The third-order valence-corrected chi connectivity index (χ3v) is 6.58. The second kappa shape index (κ2) is 8.11. The molecule has 0 aliphatic carbocycles. The van der Waals surface area contributed by atoms with Crippen molar-refractivity contribution in [2.24, 2.45) is 0 Å². The van der Waals surface area contributed by atoms with E-state index in [1.165, 1.54) is 41.3 Å². The third-order valence-electron chi connectivity index (χ3n) is 5.48. The topological polar surface area (TPSA) is 63.9 Å². The number of rotatable bonds is 4. The summed E-state index contributed by atoms with van der Waals surface area (Å²) in [6, 6.07) is 14.3. The minimum absolute atomic E-state index is 0.0946. The van der Waals surface area contributed by atoms with Crippen LogP contribution in [-0.4, -0.2) is 42.4 Å². The zero-order valence-corrected chi connectivity index (χ0v) is 17.7. The lowest BCUT2D eigenvalue weighted by atomic mass is 10.00. The summed E-state index contributed by atoms with van der Waals surface area (Å²) in [6.07, 6.45) is 4.04. The molecule has 0 saturated carbocycles. The van der Waals surface area contributed by atoms with E-state index in [2.05, 4.69) is 27.2 Å². The molecule has 0 unspecified atom stereocenters. The zero-order valence-electron chi connectivity index (χ0n) is 16.9. The fourth-order valence-corrected chi connectivity index (χ4v) is 4.81. The molecule has 1 aliphatic heterocycles. The van der Waals surface area contributed by atoms with Crippen molar-refractivity contribution in [1.82, 2.24) is 24.6 Å². The first-order valence-electron chi connectivity index (χ1n) is 10.1. The lowest BCUT2D eigenvalue weighted by Crippen LogP contribution is -2.40. The molecule has 0 fully saturated rings. The zero-order chi connectivity index (χ0) is 21.4. The Balaban J connectivity index is 1.37. The number of benzene rings is 2. The van der Waals surface area contributed by atoms with Crippen LogP contribution in [0.2, 0.25) is 0 Å². The van der Waals surface area contributed by atoms with Gasteiger partial charge in [-0.05, 0) is 48.7 Å². The maximum Gasteiger partial charge on any atom is 0.236 e. The van der Waals surface area contributed by atoms with Crippen LogP contribution in [-0.2, 0) is 17.8 Å². The molecule has 1 amide bonds. The molecule has 4 aromatic rings. The molecule has 156 valence electrons. The number of amides is 1. The van der Waals surface area contributed by atoms with Gasteiger partial charge < -0.3 is 4.90 Å². The fraction of sp³-hybridized carbons (Fsp3) is 0.217. The third kappa shape index (κ3) is 3.79. The van der Waals surface area contributed by atoms with Crippen molar-refractivity contribution in [1.29, 1.82) is 0 Å². The number of fused-ring (bicyclic) bond motifs is 2. The number of thioether (sulfide) groups is 1. The van der Waals surface area contributed by atoms with Gasteiger partial charge in [0.2, 0.25) is 5.91 Å². The Morgan fingerprint density at radius 1 is 1.10 bits per heavy atom. The van der Waals surface area contributed by atoms with Crippen LogP contribution in [0.5, 0.6) is 0 Å². The average molecular weight is 434 g/mol. The van der Waals surface area contributed by atoms with Crippen molar-refractivity contribution >= 4 is 28.7 Å². The van der Waals surface area contributed by atoms with E-state index in [-0.39, 0.29) is 17.0 Å². The predicted octanol–water partition coefficient (Wildman–Crippen LogP) is 4.02. The van der Waals surface area contributed by atoms with Crippen LogP contribution in [0, 0.1) is 5.82 Å². The molecule has 2 aromatic carbocycles. The maximum atomic E-state index is 13.3. The van der Waals surface area contributed by atoms with Gasteiger partial charge in [0.25, 0.3) is 0 Å². The average Bonchev–Trinajstić information content (AvgIpc) is 3.24. The van der Waals surface area contributed by atoms with Gasteiger partial charge in [-0.15, -0.1) is 0 Å². The molecule has 0 spiro atoms. The summed E-state index contributed by atoms with van der Waals surface area (Å²) in [6.45, 7) is 3.27. The second-order valence-electron chi connectivity index (χ2n) is 7.49. The van der Waals surface area contributed by atoms with Crippen molar-refractivity contribution in [2.45, 2.75) is 30.2 Å². The highest BCUT2D eigenvalue weighted by Crippen LogP contribution is 2.30. The van der Waals surface area contributed by atoms with Crippen molar-refractivity contribution in [2.75, 3.05) is 6.54 Å². The molecule has 0 bridgehead atoms. The largest absolute Gasteiger partial charge is 0.337 e. The van der Waals surface area contributed by atoms with E-state index < -0.39 is 0 Å². The van der Waals surface area contributed by atoms with Gasteiger partial charge in [-0.2, -0.15) is 5.10 Å². The maximum absolute atomic E-state index is 13.3. The van der Waals surface area contributed by atoms with Crippen LogP contribution in [0.3, 0.4) is 0 Å². The number of carbonyl (C=O) groups excluding carboxylic acids is 1. The second-order valence-corrected chi connectivity index (χ2v) is 8.82. The Hall–Kier alpha value is -3.26. The van der Waals surface area contributed by atoms with Gasteiger partial charge in [0, 0.05) is 13.1 Å². The molecule has 8 heteroatoms. The Kier molecular flexibility index (Phi) is 5.15. The van der Waals surface area contributed by atoms with E-state index in [0.717, 1.165) is 18.4 Å². The van der Waals surface area contributed by atoms with Crippen LogP contribution in [0.1, 0.15) is 18.1 Å². The number of aromatic nitrogens is 4. The Bertz CT molecular complexity index is 1260. The SMILES string of the molecule is C[C@H](Sc1ncnc2c1cnn2-c1ccc(F)cc1)C(=O)N1CCc2ccccc2C1. The van der Waals surface area contributed by atoms with Crippen molar-refractivity contribution in [3.8, 4) is 5.69 Å². The molecule has 5 rings (SSSR count). The smallest absolute Gasteiger partial charge is 0.236 e. The number of halogens is 1. The number of hydrogen-bond acceptors (Lipinski definition) is 5. The van der Waals surface area contributed by atoms with Crippen molar-refractivity contribution < 1.29 is 9.18 Å². The predicted molar refractivity (Wildman–Crippen MR) is 118 cm³/mol. The van der Waals surface area contributed by atoms with Crippen LogP contribution >= 0.6 is 11.8 Å². The van der Waals surface area contributed by atoms with Crippen LogP contribution in [0.15, 0.2) is 66.1 Å². The normalized spacial score (nSPS) is 14.5. The minimum atomic E-state index is -0.307. The summed E-state index contributed by atoms with van der Waals surface area (Å²) in [7, 11) is 0. The Morgan fingerprint density at radius 3 is 2.68 bits per heavy atom. The molecular formula is C23H20FN5OS. The van der Waals surface area contributed by atoms with E-state index >= 15 is 0 Å². The molecule has 1 atom stereocenters. The number of hydrogen-bond donors (Lipinski definition) is 0. The van der Waals surface area contributed by atoms with E-state index in [1.807, 2.05) is 24.0 Å². The van der Waals surface area contributed by atoms with Gasteiger partial charge in [-0.1, -0.05) is 36.0 Å². The molecule has 3 heterocycles. The van der Waals surface area contributed by atoms with Gasteiger partial charge in [-0.25, -0.2) is 19.0 Å². The first-order valence-corrected chi connectivity index (χ1v) is 10.9. The Morgan fingerprint density at radius 2 is 1.87 bits per heavy atom. The van der Waals surface area contributed by atoms with Crippen LogP contribution in [0.25, 0.3) is 16.7 Å². The minimum Gasteiger partial charge on any atom is -0.337 e. The highest BCUT2D eigenvalue weighted by molar-refractivity contribution is 8.00. The lowest BCUT2D eigenvalue weighted by Gasteiger charge is -2.30. The molecular weight excluding hydrogens is 413 g/mol. The van der Waals surface area contributed by atoms with Gasteiger partial charge in [-0.3, -0.25) is 4.79 Å². The summed E-state index contributed by atoms with van der Waals surface area (Å²) in [5.41, 5.74) is 3.86. The summed E-state index contributed by atoms with van der Waals surface area (Å²) < 4.78 is 14.9. The molecule has 0 N–H and O–H groups in total. The van der Waals surface area contributed by atoms with E-state index in [0.29, 0.717) is 22.9 Å². The van der Waals surface area contributed by atoms with Crippen LogP contribution in [0.4, 0.5) is 4.39 Å². The standard InChI is InChI=1S/C23H20FN5OS/c1-15(23(30)28-11-10-16-4-2-3-5-17(16)13-28)31-22-20-12-27-29(21(20)25-14-26-22)19-8-6-18(24)7-9-19/h2-9,12,14-15H,10-11,13H2,1H3/t15-/m0/s1. The molecule has 6 nitrogen and oxygen atoms in total. The highest BCUT2D eigenvalue weighted by atomic mass is 32.2. The molecule has 0 radical (unpaired) electrons. The fourth-order valence-electron chi connectivity index (χ4n) is 3.85. The van der Waals surface area contributed by atoms with E-state index in [4.69, 9.17) is 0 Å². The summed E-state index contributed by atoms with van der Waals surface area (Å²) in [5.74, 6) is -0.212. The molecule has 2 aromatic heterocycles. The summed E-state index contributed by atoms with van der Waals surface area (Å²) in [4.78, 5) is 23.8. The Labute approximate surface area is 183 Å². The van der Waals surface area contributed by atoms with Gasteiger partial charge in [0.05, 0.1) is 22.5 Å². The molecule has 1 aliphatic rings. The quantitative estimate of drug-likeness (QED) is 0.359. The van der Waals surface area contributed by atoms with Gasteiger partial charge in [0.1, 0.15) is 17.2 Å². The number of carbonyl (C=O) groups is 1. The summed E-state index contributed by atoms with van der Waals surface area (Å²) >= 11 is 1.41. The lowest BCUT2D eigenvalue weighted by molar-refractivity contribution is -0.131. The first-order chi connectivity index (χ1) is 15.1. The van der Waals surface area contributed by atoms with Crippen molar-refractivity contribution in [3.05, 3.63) is 78.0 Å². The monoisotopic (exact) mass is 433 g/mol. The highest BCUT2D eigenvalue weighted by Gasteiger charge is 2.26. The van der Waals surface area contributed by atoms with Crippen molar-refractivity contribution in [3.63, 3.8) is 0 Å². The van der Waals surface area contributed by atoms with E-state index in [1.54, 1.807) is 23.0 Å². The van der Waals surface area contributed by atoms with Crippen LogP contribution < -0.4 is 0 Å². The number of nitrogens with zero attached hydrogens (tertiary/aromatic N) is 5. The van der Waals surface area contributed by atoms with Gasteiger partial charge >= 0.3 is 0 Å². The first kappa shape index (κ1) is 19.7. The molecule has 31 heavy (non-hydrogen) atoms. The summed E-state index contributed by atoms with van der Waals surface area (Å²) in [5, 5.41) is 5.58. The van der Waals surface area contributed by atoms with E-state index in [9.17, 15) is 9.18 Å². The van der Waals surface area contributed by atoms with Gasteiger partial charge in [0.15, 0.2) is 5.65 Å². The molecule has 0 saturated heterocycles.